The van der Waals surface area contributed by atoms with Crippen molar-refractivity contribution in [2.24, 2.45) is 4.99 Å². The fraction of sp³-hybridized carbons (Fsp3) is 0.455. The number of rotatable bonds is 2. The Morgan fingerprint density at radius 1 is 1.43 bits per heavy atom. The summed E-state index contributed by atoms with van der Waals surface area (Å²) in [5, 5.41) is 17.8. The van der Waals surface area contributed by atoms with Gasteiger partial charge in [0.25, 0.3) is 0 Å². The molecule has 0 unspecified atom stereocenters. The average molecular weight is 359 g/mol. The Balaban J connectivity index is 2.22. The normalized spacial score (nSPS) is 16.0. The number of hydrogen-bond acceptors (Lipinski definition) is 6. The number of nitrogens with one attached hydrogen (secondary N) is 1. The molecule has 9 nitrogen and oxygen atoms in total. The van der Waals surface area contributed by atoms with E-state index in [0.717, 1.165) is 0 Å². The maximum absolute atomic E-state index is 10.9. The van der Waals surface area contributed by atoms with Crippen LogP contribution in [0.3, 0.4) is 0 Å². The molecule has 2 rings (SSSR count). The minimum atomic E-state index is -0.921. The van der Waals surface area contributed by atoms with Gasteiger partial charge in [-0.05, 0) is 22.9 Å². The number of piperazine rings is 1. The number of anilines is 1. The standard InChI is InChI=1S/C11H15BrN6O3/c1-7(16-21)14-9-10(13-6-8(12)15-9)17-2-4-18(5-3-17)11(19)20/h6,21H,2-5H2,1H3,(H,19,20)(H,14,15,16). The van der Waals surface area contributed by atoms with Gasteiger partial charge in [-0.2, -0.15) is 0 Å². The summed E-state index contributed by atoms with van der Waals surface area (Å²) in [7, 11) is 0. The van der Waals surface area contributed by atoms with E-state index in [-0.39, 0.29) is 5.84 Å². The molecule has 0 saturated carbocycles. The zero-order valence-electron chi connectivity index (χ0n) is 11.3. The number of aromatic nitrogens is 2. The van der Waals surface area contributed by atoms with Crippen LogP contribution >= 0.6 is 15.9 Å². The number of halogens is 1. The van der Waals surface area contributed by atoms with Crippen molar-refractivity contribution in [2.75, 3.05) is 31.1 Å². The fourth-order valence-electron chi connectivity index (χ4n) is 1.94. The zero-order valence-corrected chi connectivity index (χ0v) is 12.9. The van der Waals surface area contributed by atoms with Crippen LogP contribution in [0.15, 0.2) is 15.8 Å². The predicted molar refractivity (Wildman–Crippen MR) is 79.2 cm³/mol. The number of carboxylic acid groups (broad SMARTS) is 1. The minimum absolute atomic E-state index is 0.285. The molecule has 1 fully saturated rings. The van der Waals surface area contributed by atoms with E-state index in [9.17, 15) is 4.79 Å². The summed E-state index contributed by atoms with van der Waals surface area (Å²) in [5.74, 6) is 1.19. The van der Waals surface area contributed by atoms with Gasteiger partial charge in [0.15, 0.2) is 11.6 Å². The molecule has 114 valence electrons. The van der Waals surface area contributed by atoms with Crippen LogP contribution in [0.2, 0.25) is 0 Å². The first kappa shape index (κ1) is 15.4. The maximum Gasteiger partial charge on any atom is 0.407 e. The van der Waals surface area contributed by atoms with Gasteiger partial charge in [0.1, 0.15) is 10.4 Å². The molecule has 3 N–H and O–H groups in total. The summed E-state index contributed by atoms with van der Waals surface area (Å²) in [6.45, 7) is 3.41. The van der Waals surface area contributed by atoms with Gasteiger partial charge >= 0.3 is 6.09 Å². The van der Waals surface area contributed by atoms with Crippen molar-refractivity contribution < 1.29 is 15.1 Å². The highest BCUT2D eigenvalue weighted by Gasteiger charge is 2.23. The Hall–Kier alpha value is -1.94. The summed E-state index contributed by atoms with van der Waals surface area (Å²) in [6, 6.07) is 0. The molecule has 0 radical (unpaired) electrons. The maximum atomic E-state index is 10.9. The van der Waals surface area contributed by atoms with Gasteiger partial charge in [-0.15, -0.1) is 0 Å². The van der Waals surface area contributed by atoms with E-state index in [1.165, 1.54) is 4.90 Å². The van der Waals surface area contributed by atoms with Crippen LogP contribution in [0.1, 0.15) is 6.92 Å². The van der Waals surface area contributed by atoms with Crippen LogP contribution in [0.25, 0.3) is 0 Å². The molecule has 2 heterocycles. The van der Waals surface area contributed by atoms with Crippen molar-refractivity contribution in [3.8, 4) is 0 Å². The van der Waals surface area contributed by atoms with Gasteiger partial charge in [0.05, 0.1) is 6.20 Å². The monoisotopic (exact) mass is 358 g/mol. The molecular formula is C11H15BrN6O3. The van der Waals surface area contributed by atoms with Gasteiger partial charge < -0.3 is 14.9 Å². The first-order chi connectivity index (χ1) is 10.0. The summed E-state index contributed by atoms with van der Waals surface area (Å²) in [5.41, 5.74) is 1.95. The lowest BCUT2D eigenvalue weighted by Gasteiger charge is -2.34. The third-order valence-corrected chi connectivity index (χ3v) is 3.37. The number of aliphatic imine (C=N–C) groups is 1. The Labute approximate surface area is 129 Å². The van der Waals surface area contributed by atoms with Crippen LogP contribution < -0.4 is 10.4 Å². The van der Waals surface area contributed by atoms with E-state index in [4.69, 9.17) is 10.3 Å². The van der Waals surface area contributed by atoms with E-state index >= 15 is 0 Å². The third-order valence-electron chi connectivity index (χ3n) is 2.99. The minimum Gasteiger partial charge on any atom is -0.465 e. The summed E-state index contributed by atoms with van der Waals surface area (Å²) in [6.07, 6.45) is 0.634. The summed E-state index contributed by atoms with van der Waals surface area (Å²) < 4.78 is 0.528. The smallest absolute Gasteiger partial charge is 0.407 e. The molecule has 0 atom stereocenters. The Bertz CT molecular complexity index is 559. The molecule has 10 heteroatoms. The zero-order chi connectivity index (χ0) is 15.4. The van der Waals surface area contributed by atoms with Crippen molar-refractivity contribution in [2.45, 2.75) is 6.92 Å². The highest BCUT2D eigenvalue weighted by atomic mass is 79.9. The van der Waals surface area contributed by atoms with E-state index in [2.05, 4.69) is 30.9 Å². The first-order valence-corrected chi connectivity index (χ1v) is 7.01. The molecule has 1 aromatic heterocycles. The molecule has 0 bridgehead atoms. The SMILES string of the molecule is C/C(=N\c1nc(Br)cnc1N1CCN(C(=O)O)CC1)NO. The van der Waals surface area contributed by atoms with E-state index < -0.39 is 6.09 Å². The van der Waals surface area contributed by atoms with Crippen LogP contribution in [-0.4, -0.2) is 63.3 Å². The van der Waals surface area contributed by atoms with Crippen molar-refractivity contribution in [3.63, 3.8) is 0 Å². The lowest BCUT2D eigenvalue weighted by Crippen LogP contribution is -2.48. The number of carbonyl (C=O) groups is 1. The first-order valence-electron chi connectivity index (χ1n) is 6.22. The molecule has 1 aliphatic rings. The number of nitrogens with zero attached hydrogens (tertiary/aromatic N) is 5. The summed E-state index contributed by atoms with van der Waals surface area (Å²) >= 11 is 3.23. The molecule has 0 spiro atoms. The van der Waals surface area contributed by atoms with Gasteiger partial charge in [-0.25, -0.2) is 19.8 Å². The number of hydrogen-bond donors (Lipinski definition) is 3. The van der Waals surface area contributed by atoms with Crippen molar-refractivity contribution >= 4 is 39.5 Å². The molecule has 0 aromatic carbocycles. The molecule has 1 amide bonds. The van der Waals surface area contributed by atoms with Gasteiger partial charge in [-0.1, -0.05) is 0 Å². The molecule has 0 aliphatic carbocycles. The Morgan fingerprint density at radius 3 is 2.67 bits per heavy atom. The van der Waals surface area contributed by atoms with E-state index in [1.807, 2.05) is 10.4 Å². The van der Waals surface area contributed by atoms with Crippen molar-refractivity contribution in [1.82, 2.24) is 20.3 Å². The molecular weight excluding hydrogens is 344 g/mol. The van der Waals surface area contributed by atoms with Crippen LogP contribution in [0.5, 0.6) is 0 Å². The largest absolute Gasteiger partial charge is 0.465 e. The molecule has 1 aromatic rings. The lowest BCUT2D eigenvalue weighted by molar-refractivity contribution is 0.142. The second-order valence-corrected chi connectivity index (χ2v) is 5.22. The van der Waals surface area contributed by atoms with Crippen LogP contribution in [0.4, 0.5) is 16.4 Å². The highest BCUT2D eigenvalue weighted by Crippen LogP contribution is 2.26. The predicted octanol–water partition coefficient (Wildman–Crippen LogP) is 1.07. The second kappa shape index (κ2) is 6.68. The van der Waals surface area contributed by atoms with E-state index in [0.29, 0.717) is 42.4 Å². The summed E-state index contributed by atoms with van der Waals surface area (Å²) in [4.78, 5) is 26.9. The quantitative estimate of drug-likeness (QED) is 0.411. The topological polar surface area (TPSA) is 114 Å². The highest BCUT2D eigenvalue weighted by molar-refractivity contribution is 9.10. The lowest BCUT2D eigenvalue weighted by atomic mass is 10.3. The van der Waals surface area contributed by atoms with Crippen molar-refractivity contribution in [3.05, 3.63) is 10.8 Å². The average Bonchev–Trinajstić information content (AvgIpc) is 2.47. The third kappa shape index (κ3) is 3.79. The second-order valence-electron chi connectivity index (χ2n) is 4.41. The Morgan fingerprint density at radius 2 is 2.10 bits per heavy atom. The van der Waals surface area contributed by atoms with E-state index in [1.54, 1.807) is 13.1 Å². The van der Waals surface area contributed by atoms with Gasteiger partial charge in [-0.3, -0.25) is 10.7 Å². The molecule has 1 saturated heterocycles. The van der Waals surface area contributed by atoms with Crippen LogP contribution in [-0.2, 0) is 0 Å². The molecule has 21 heavy (non-hydrogen) atoms. The number of amides is 1. The number of hydroxylamine groups is 1. The number of amidine groups is 1. The van der Waals surface area contributed by atoms with Gasteiger partial charge in [0, 0.05) is 26.2 Å². The van der Waals surface area contributed by atoms with Crippen molar-refractivity contribution in [1.29, 1.82) is 0 Å². The van der Waals surface area contributed by atoms with Gasteiger partial charge in [0.2, 0.25) is 0 Å². The van der Waals surface area contributed by atoms with Crippen LogP contribution in [0, 0.1) is 0 Å². The fourth-order valence-corrected chi connectivity index (χ4v) is 2.21. The molecule has 1 aliphatic heterocycles. The Kier molecular flexibility index (Phi) is 4.91.